The van der Waals surface area contributed by atoms with Crippen molar-refractivity contribution in [1.29, 1.82) is 0 Å². The molecule has 0 aliphatic rings. The molecule has 1 radical (unpaired) electrons. The summed E-state index contributed by atoms with van der Waals surface area (Å²) < 4.78 is 0. The van der Waals surface area contributed by atoms with E-state index in [1.54, 1.807) is 24.3 Å². The second-order valence-corrected chi connectivity index (χ2v) is 10.7. The second kappa shape index (κ2) is 12.3. The first-order valence-electron chi connectivity index (χ1n) is 14.3. The number of hydrogen-bond acceptors (Lipinski definition) is 4. The molecular formula is C40H28O4V. The third kappa shape index (κ3) is 5.31. The van der Waals surface area contributed by atoms with Crippen LogP contribution in [0.25, 0.3) is 65.3 Å². The van der Waals surface area contributed by atoms with Gasteiger partial charge in [0.2, 0.25) is 0 Å². The zero-order chi connectivity index (χ0) is 30.2. The Hall–Kier alpha value is -5.42. The van der Waals surface area contributed by atoms with E-state index in [1.807, 2.05) is 121 Å². The van der Waals surface area contributed by atoms with E-state index in [1.165, 1.54) is 0 Å². The molecule has 0 saturated carbocycles. The van der Waals surface area contributed by atoms with Gasteiger partial charge in [0, 0.05) is 40.8 Å². The number of phenols is 4. The number of hydrogen-bond donors (Lipinski definition) is 4. The fraction of sp³-hybridized carbons (Fsp3) is 0. The van der Waals surface area contributed by atoms with Gasteiger partial charge in [-0.1, -0.05) is 121 Å². The summed E-state index contributed by atoms with van der Waals surface area (Å²) in [4.78, 5) is 0. The van der Waals surface area contributed by atoms with Gasteiger partial charge in [-0.05, 0) is 67.4 Å². The fourth-order valence-electron chi connectivity index (χ4n) is 6.09. The quantitative estimate of drug-likeness (QED) is 0.155. The number of aromatic hydroxyl groups is 4. The van der Waals surface area contributed by atoms with Gasteiger partial charge >= 0.3 is 0 Å². The van der Waals surface area contributed by atoms with E-state index >= 15 is 0 Å². The van der Waals surface area contributed by atoms with Gasteiger partial charge in [0.15, 0.2) is 0 Å². The predicted octanol–water partition coefficient (Wildman–Crippen LogP) is 10.1. The Morgan fingerprint density at radius 3 is 0.667 bits per heavy atom. The first-order chi connectivity index (χ1) is 21.5. The molecule has 45 heavy (non-hydrogen) atoms. The minimum Gasteiger partial charge on any atom is -0.507 e. The Kier molecular flexibility index (Phi) is 8.10. The van der Waals surface area contributed by atoms with Crippen molar-refractivity contribution in [2.45, 2.75) is 0 Å². The van der Waals surface area contributed by atoms with Crippen LogP contribution in [0.5, 0.6) is 23.0 Å². The van der Waals surface area contributed by atoms with Gasteiger partial charge in [-0.15, -0.1) is 0 Å². The Bertz CT molecular complexity index is 2010. The standard InChI is InChI=1S/2C20H14O2.V/c2*21-17-11-9-13-5-1-3-7-15(13)19(17)20-16-8-4-2-6-14(16)10-12-18(20)22;/h2*1-12,21-22H;. The van der Waals surface area contributed by atoms with Crippen molar-refractivity contribution in [2.24, 2.45) is 0 Å². The second-order valence-electron chi connectivity index (χ2n) is 10.7. The molecule has 8 aromatic carbocycles. The number of phenolic OH excluding ortho intramolecular Hbond substituents is 4. The summed E-state index contributed by atoms with van der Waals surface area (Å²) in [5.41, 5.74) is 2.69. The molecule has 4 N–H and O–H groups in total. The monoisotopic (exact) mass is 623 g/mol. The maximum atomic E-state index is 10.4. The summed E-state index contributed by atoms with van der Waals surface area (Å²) in [5.74, 6) is 0.686. The Labute approximate surface area is 272 Å². The van der Waals surface area contributed by atoms with Crippen LogP contribution in [0.3, 0.4) is 0 Å². The molecule has 0 heterocycles. The summed E-state index contributed by atoms with van der Waals surface area (Å²) >= 11 is 0. The average molecular weight is 624 g/mol. The largest absolute Gasteiger partial charge is 0.507 e. The van der Waals surface area contributed by atoms with Gasteiger partial charge in [-0.25, -0.2) is 0 Å². The van der Waals surface area contributed by atoms with Crippen molar-refractivity contribution in [2.75, 3.05) is 0 Å². The minimum absolute atomic E-state index is 0. The molecule has 0 fully saturated rings. The molecule has 0 saturated heterocycles. The van der Waals surface area contributed by atoms with Gasteiger partial charge < -0.3 is 20.4 Å². The molecule has 217 valence electrons. The van der Waals surface area contributed by atoms with Crippen LogP contribution in [0.2, 0.25) is 0 Å². The van der Waals surface area contributed by atoms with E-state index in [2.05, 4.69) is 0 Å². The van der Waals surface area contributed by atoms with Gasteiger partial charge in [0.05, 0.1) is 0 Å². The van der Waals surface area contributed by atoms with Crippen LogP contribution in [0.4, 0.5) is 0 Å². The van der Waals surface area contributed by atoms with Crippen molar-refractivity contribution in [3.8, 4) is 45.3 Å². The van der Waals surface area contributed by atoms with Gasteiger partial charge in [0.25, 0.3) is 0 Å². The molecule has 0 aliphatic heterocycles. The number of benzene rings is 8. The average Bonchev–Trinajstić information content (AvgIpc) is 3.06. The van der Waals surface area contributed by atoms with Gasteiger partial charge in [0.1, 0.15) is 23.0 Å². The first-order valence-corrected chi connectivity index (χ1v) is 14.3. The number of fused-ring (bicyclic) bond motifs is 4. The summed E-state index contributed by atoms with van der Waals surface area (Å²) in [6.45, 7) is 0. The van der Waals surface area contributed by atoms with Crippen molar-refractivity contribution in [3.05, 3.63) is 146 Å². The van der Waals surface area contributed by atoms with Crippen LogP contribution >= 0.6 is 0 Å². The smallest absolute Gasteiger partial charge is 0.124 e. The topological polar surface area (TPSA) is 80.9 Å². The molecule has 0 atom stereocenters. The SMILES string of the molecule is Oc1ccc2ccccc2c1-c1c(O)ccc2ccccc12.Oc1ccc2ccccc2c1-c1c(O)ccc2ccccc12.[V]. The Morgan fingerprint density at radius 2 is 0.444 bits per heavy atom. The zero-order valence-electron chi connectivity index (χ0n) is 24.1. The molecule has 4 nitrogen and oxygen atoms in total. The summed E-state index contributed by atoms with van der Waals surface area (Å²) in [6, 6.07) is 45.7. The molecule has 8 aromatic rings. The third-order valence-corrected chi connectivity index (χ3v) is 8.13. The van der Waals surface area contributed by atoms with Crippen LogP contribution in [-0.2, 0) is 18.6 Å². The molecule has 0 spiro atoms. The van der Waals surface area contributed by atoms with Crippen LogP contribution in [0.15, 0.2) is 146 Å². The van der Waals surface area contributed by atoms with Crippen molar-refractivity contribution >= 4 is 43.1 Å². The van der Waals surface area contributed by atoms with Crippen LogP contribution < -0.4 is 0 Å². The van der Waals surface area contributed by atoms with Gasteiger partial charge in [-0.3, -0.25) is 0 Å². The maximum absolute atomic E-state index is 10.4. The first kappa shape index (κ1) is 29.6. The normalized spacial score (nSPS) is 10.8. The van der Waals surface area contributed by atoms with Crippen LogP contribution in [0, 0.1) is 0 Å². The molecule has 0 aliphatic carbocycles. The molecule has 0 unspecified atom stereocenters. The van der Waals surface area contributed by atoms with E-state index in [0.29, 0.717) is 22.3 Å². The minimum atomic E-state index is 0. The summed E-state index contributed by atoms with van der Waals surface area (Å²) in [7, 11) is 0. The summed E-state index contributed by atoms with van der Waals surface area (Å²) in [6.07, 6.45) is 0. The van der Waals surface area contributed by atoms with E-state index < -0.39 is 0 Å². The molecular weight excluding hydrogens is 595 g/mol. The van der Waals surface area contributed by atoms with Crippen LogP contribution in [0.1, 0.15) is 0 Å². The fourth-order valence-corrected chi connectivity index (χ4v) is 6.09. The van der Waals surface area contributed by atoms with E-state index in [9.17, 15) is 20.4 Å². The van der Waals surface area contributed by atoms with Crippen molar-refractivity contribution < 1.29 is 39.0 Å². The Morgan fingerprint density at radius 1 is 0.244 bits per heavy atom. The van der Waals surface area contributed by atoms with Crippen LogP contribution in [-0.4, -0.2) is 20.4 Å². The Balaban J connectivity index is 0.000000155. The van der Waals surface area contributed by atoms with E-state index in [-0.39, 0.29) is 41.6 Å². The van der Waals surface area contributed by atoms with E-state index in [4.69, 9.17) is 0 Å². The van der Waals surface area contributed by atoms with Crippen molar-refractivity contribution in [1.82, 2.24) is 0 Å². The third-order valence-electron chi connectivity index (χ3n) is 8.13. The number of rotatable bonds is 2. The van der Waals surface area contributed by atoms with Crippen molar-refractivity contribution in [3.63, 3.8) is 0 Å². The molecule has 5 heteroatoms. The van der Waals surface area contributed by atoms with E-state index in [0.717, 1.165) is 43.1 Å². The summed E-state index contributed by atoms with van der Waals surface area (Å²) in [5, 5.41) is 49.6. The van der Waals surface area contributed by atoms with Gasteiger partial charge in [-0.2, -0.15) is 0 Å². The maximum Gasteiger partial charge on any atom is 0.124 e. The molecule has 0 amide bonds. The molecule has 8 rings (SSSR count). The predicted molar refractivity (Wildman–Crippen MR) is 180 cm³/mol. The molecule has 0 bridgehead atoms. The molecule has 0 aromatic heterocycles. The zero-order valence-corrected chi connectivity index (χ0v) is 25.5.